The Morgan fingerprint density at radius 3 is 2.44 bits per heavy atom. The number of nitrogens with zero attached hydrogens (tertiary/aromatic N) is 3. The van der Waals surface area contributed by atoms with Crippen molar-refractivity contribution in [2.45, 2.75) is 25.9 Å². The Morgan fingerprint density at radius 2 is 1.85 bits per heavy atom. The van der Waals surface area contributed by atoms with Gasteiger partial charge in [0.2, 0.25) is 0 Å². The lowest BCUT2D eigenvalue weighted by Gasteiger charge is -2.19. The summed E-state index contributed by atoms with van der Waals surface area (Å²) < 4.78 is 40.5. The molecular formula is C17H15F3N4O3. The van der Waals surface area contributed by atoms with Crippen LogP contribution < -0.4 is 15.4 Å². The summed E-state index contributed by atoms with van der Waals surface area (Å²) in [7, 11) is 0. The molecule has 1 atom stereocenters. The van der Waals surface area contributed by atoms with Crippen molar-refractivity contribution >= 4 is 23.4 Å². The second-order valence-electron chi connectivity index (χ2n) is 5.89. The number of imide groups is 1. The van der Waals surface area contributed by atoms with E-state index in [0.717, 1.165) is 17.0 Å². The Bertz CT molecular complexity index is 870. The first-order valence-electron chi connectivity index (χ1n) is 7.86. The number of ether oxygens (including phenoxy) is 1. The summed E-state index contributed by atoms with van der Waals surface area (Å²) in [5.41, 5.74) is 6.48. The first kappa shape index (κ1) is 18.5. The number of carbonyl (C=O) groups is 2. The largest absolute Gasteiger partial charge is 0.573 e. The molecule has 1 aromatic carbocycles. The molecule has 0 saturated carbocycles. The fourth-order valence-corrected chi connectivity index (χ4v) is 2.74. The van der Waals surface area contributed by atoms with Gasteiger partial charge in [-0.05, 0) is 48.9 Å². The van der Waals surface area contributed by atoms with Crippen LogP contribution in [0, 0.1) is 0 Å². The number of carbonyl (C=O) groups excluding carboxylic acids is 2. The number of rotatable bonds is 4. The number of hydrogen-bond donors (Lipinski definition) is 1. The van der Waals surface area contributed by atoms with Gasteiger partial charge in [-0.25, -0.2) is 14.7 Å². The molecule has 27 heavy (non-hydrogen) atoms. The molecule has 3 rings (SSSR count). The van der Waals surface area contributed by atoms with Gasteiger partial charge in [-0.2, -0.15) is 0 Å². The molecule has 0 aliphatic carbocycles. The average Bonchev–Trinajstić information content (AvgIpc) is 2.78. The molecule has 0 spiro atoms. The van der Waals surface area contributed by atoms with E-state index < -0.39 is 30.1 Å². The van der Waals surface area contributed by atoms with E-state index in [1.165, 1.54) is 23.2 Å². The fraction of sp³-hybridized carbons (Fsp3) is 0.235. The van der Waals surface area contributed by atoms with Gasteiger partial charge in [0.15, 0.2) is 0 Å². The molecule has 0 bridgehead atoms. The van der Waals surface area contributed by atoms with Gasteiger partial charge in [-0.1, -0.05) is 0 Å². The van der Waals surface area contributed by atoms with Gasteiger partial charge in [0.25, 0.3) is 5.91 Å². The molecule has 142 valence electrons. The van der Waals surface area contributed by atoms with E-state index in [1.807, 2.05) is 0 Å². The molecule has 2 heterocycles. The second kappa shape index (κ2) is 6.78. The predicted octanol–water partition coefficient (Wildman–Crippen LogP) is 2.92. The summed E-state index contributed by atoms with van der Waals surface area (Å²) in [4.78, 5) is 31.4. The van der Waals surface area contributed by atoms with E-state index in [4.69, 9.17) is 5.73 Å². The summed E-state index contributed by atoms with van der Waals surface area (Å²) in [6.45, 7) is 1.72. The Hall–Kier alpha value is -3.30. The van der Waals surface area contributed by atoms with Crippen molar-refractivity contribution < 1.29 is 27.5 Å². The molecule has 1 fully saturated rings. The highest BCUT2D eigenvalue weighted by atomic mass is 19.4. The smallest absolute Gasteiger partial charge is 0.406 e. The first-order valence-corrected chi connectivity index (χ1v) is 7.86. The number of amides is 3. The molecule has 1 saturated heterocycles. The number of alkyl halides is 3. The molecule has 10 heteroatoms. The summed E-state index contributed by atoms with van der Waals surface area (Å²) in [5, 5.41) is 0. The van der Waals surface area contributed by atoms with Gasteiger partial charge in [0.1, 0.15) is 17.6 Å². The van der Waals surface area contributed by atoms with Gasteiger partial charge in [0.05, 0.1) is 5.69 Å². The summed E-state index contributed by atoms with van der Waals surface area (Å²) in [6.07, 6.45) is -3.33. The van der Waals surface area contributed by atoms with Crippen molar-refractivity contribution in [3.05, 3.63) is 48.2 Å². The highest BCUT2D eigenvalue weighted by molar-refractivity contribution is 6.21. The number of hydrogen-bond acceptors (Lipinski definition) is 5. The van der Waals surface area contributed by atoms with Crippen LogP contribution >= 0.6 is 0 Å². The van der Waals surface area contributed by atoms with Crippen LogP contribution in [0.4, 0.5) is 29.5 Å². The molecule has 2 aromatic rings. The summed E-state index contributed by atoms with van der Waals surface area (Å²) in [6, 6.07) is 6.48. The standard InChI is InChI=1S/C17H15F3N4O3/c1-10-15(25)24(12-2-4-13(5-3-12)27-17(18,19)20)16(26)23(10)9-11-6-7-22-14(21)8-11/h2-8,10H,9H2,1H3,(H2,21,22). The van der Waals surface area contributed by atoms with Crippen LogP contribution in [-0.4, -0.2) is 34.2 Å². The monoisotopic (exact) mass is 380 g/mol. The minimum Gasteiger partial charge on any atom is -0.406 e. The van der Waals surface area contributed by atoms with Crippen LogP contribution in [0.2, 0.25) is 0 Å². The van der Waals surface area contributed by atoms with E-state index in [9.17, 15) is 22.8 Å². The van der Waals surface area contributed by atoms with Crippen molar-refractivity contribution in [1.29, 1.82) is 0 Å². The number of nitrogens with two attached hydrogens (primary N) is 1. The second-order valence-corrected chi connectivity index (χ2v) is 5.89. The number of benzene rings is 1. The van der Waals surface area contributed by atoms with Gasteiger partial charge in [0, 0.05) is 12.7 Å². The summed E-state index contributed by atoms with van der Waals surface area (Å²) >= 11 is 0. The number of pyridine rings is 1. The van der Waals surface area contributed by atoms with E-state index in [1.54, 1.807) is 19.1 Å². The highest BCUT2D eigenvalue weighted by Crippen LogP contribution is 2.30. The van der Waals surface area contributed by atoms with Crippen LogP contribution in [0.25, 0.3) is 0 Å². The Kier molecular flexibility index (Phi) is 4.64. The van der Waals surface area contributed by atoms with Crippen molar-refractivity contribution in [2.24, 2.45) is 0 Å². The zero-order chi connectivity index (χ0) is 19.8. The Morgan fingerprint density at radius 1 is 1.19 bits per heavy atom. The SMILES string of the molecule is CC1C(=O)N(c2ccc(OC(F)(F)F)cc2)C(=O)N1Cc1ccnc(N)c1. The third-order valence-corrected chi connectivity index (χ3v) is 4.01. The fourth-order valence-electron chi connectivity index (χ4n) is 2.74. The zero-order valence-electron chi connectivity index (χ0n) is 14.1. The number of aromatic nitrogens is 1. The minimum absolute atomic E-state index is 0.143. The van der Waals surface area contributed by atoms with Crippen molar-refractivity contribution in [3.8, 4) is 5.75 Å². The van der Waals surface area contributed by atoms with E-state index in [0.29, 0.717) is 5.56 Å². The van der Waals surface area contributed by atoms with E-state index >= 15 is 0 Å². The topological polar surface area (TPSA) is 88.8 Å². The highest BCUT2D eigenvalue weighted by Gasteiger charge is 2.43. The van der Waals surface area contributed by atoms with Gasteiger partial charge in [-0.3, -0.25) is 4.79 Å². The van der Waals surface area contributed by atoms with Crippen LogP contribution in [0.5, 0.6) is 5.75 Å². The van der Waals surface area contributed by atoms with Gasteiger partial charge >= 0.3 is 12.4 Å². The molecule has 2 N–H and O–H groups in total. The number of urea groups is 1. The normalized spacial score (nSPS) is 17.6. The van der Waals surface area contributed by atoms with Crippen LogP contribution in [0.1, 0.15) is 12.5 Å². The van der Waals surface area contributed by atoms with Crippen LogP contribution in [-0.2, 0) is 11.3 Å². The van der Waals surface area contributed by atoms with E-state index in [-0.39, 0.29) is 18.1 Å². The minimum atomic E-state index is -4.82. The van der Waals surface area contributed by atoms with Crippen LogP contribution in [0.15, 0.2) is 42.6 Å². The third-order valence-electron chi connectivity index (χ3n) is 4.01. The Balaban J connectivity index is 1.80. The van der Waals surface area contributed by atoms with Crippen molar-refractivity contribution in [3.63, 3.8) is 0 Å². The van der Waals surface area contributed by atoms with Crippen molar-refractivity contribution in [1.82, 2.24) is 9.88 Å². The molecular weight excluding hydrogens is 365 g/mol. The maximum atomic E-state index is 12.7. The molecule has 3 amide bonds. The molecule has 0 radical (unpaired) electrons. The molecule has 1 aromatic heterocycles. The first-order chi connectivity index (χ1) is 12.7. The maximum absolute atomic E-state index is 12.7. The van der Waals surface area contributed by atoms with Crippen molar-refractivity contribution in [2.75, 3.05) is 10.6 Å². The quantitative estimate of drug-likeness (QED) is 0.824. The lowest BCUT2D eigenvalue weighted by molar-refractivity contribution is -0.274. The third kappa shape index (κ3) is 3.94. The lowest BCUT2D eigenvalue weighted by Crippen LogP contribution is -2.33. The molecule has 1 unspecified atom stereocenters. The number of halogens is 3. The predicted molar refractivity (Wildman–Crippen MR) is 89.7 cm³/mol. The maximum Gasteiger partial charge on any atom is 0.573 e. The van der Waals surface area contributed by atoms with Gasteiger partial charge in [-0.15, -0.1) is 13.2 Å². The Labute approximate surface area is 152 Å². The molecule has 7 nitrogen and oxygen atoms in total. The number of nitrogen functional groups attached to an aromatic ring is 1. The summed E-state index contributed by atoms with van der Waals surface area (Å²) in [5.74, 6) is -0.635. The lowest BCUT2D eigenvalue weighted by atomic mass is 10.2. The molecule has 1 aliphatic heterocycles. The number of anilines is 2. The zero-order valence-corrected chi connectivity index (χ0v) is 14.1. The average molecular weight is 380 g/mol. The van der Waals surface area contributed by atoms with Gasteiger partial charge < -0.3 is 15.4 Å². The van der Waals surface area contributed by atoms with E-state index in [2.05, 4.69) is 9.72 Å². The molecule has 1 aliphatic rings. The van der Waals surface area contributed by atoms with Crippen LogP contribution in [0.3, 0.4) is 0 Å².